The molecule has 0 atom stereocenters. The largest absolute Gasteiger partial charge is 0.204 e. The molecule has 0 radical (unpaired) electrons. The summed E-state index contributed by atoms with van der Waals surface area (Å²) in [5, 5.41) is 0. The summed E-state index contributed by atoms with van der Waals surface area (Å²) in [6.07, 6.45) is 2.55. The first-order valence-electron chi connectivity index (χ1n) is 7.97. The molecule has 0 N–H and O–H groups in total. The predicted molar refractivity (Wildman–Crippen MR) is 89.2 cm³/mol. The Balaban J connectivity index is 1.62. The molecular formula is C21H15F3. The first-order valence-corrected chi connectivity index (χ1v) is 7.97. The molecule has 24 heavy (non-hydrogen) atoms. The summed E-state index contributed by atoms with van der Waals surface area (Å²) in [6.45, 7) is 0. The van der Waals surface area contributed by atoms with E-state index in [-0.39, 0.29) is 0 Å². The molecule has 1 aliphatic carbocycles. The summed E-state index contributed by atoms with van der Waals surface area (Å²) in [5.74, 6) is -3.06. The first-order chi connectivity index (χ1) is 11.6. The van der Waals surface area contributed by atoms with Crippen LogP contribution in [0.15, 0.2) is 60.7 Å². The van der Waals surface area contributed by atoms with Gasteiger partial charge >= 0.3 is 0 Å². The van der Waals surface area contributed by atoms with Crippen LogP contribution in [0.5, 0.6) is 0 Å². The van der Waals surface area contributed by atoms with Gasteiger partial charge in [-0.05, 0) is 58.7 Å². The SMILES string of the molecule is Fc1cc(-c2ccc(-c3ccc(C4CC4)cc3)cc2)cc(F)c1F. The van der Waals surface area contributed by atoms with E-state index in [4.69, 9.17) is 0 Å². The predicted octanol–water partition coefficient (Wildman–Crippen LogP) is 6.32. The number of rotatable bonds is 3. The Morgan fingerprint density at radius 1 is 0.583 bits per heavy atom. The standard InChI is InChI=1S/C21H15F3/c22-19-11-18(12-20(23)21(19)24)17-9-7-16(8-10-17)15-5-3-14(4-6-15)13-1-2-13/h3-13H,1-2H2. The minimum Gasteiger partial charge on any atom is -0.204 e. The van der Waals surface area contributed by atoms with Crippen molar-refractivity contribution < 1.29 is 13.2 Å². The maximum atomic E-state index is 13.4. The van der Waals surface area contributed by atoms with E-state index in [1.807, 2.05) is 12.1 Å². The number of halogens is 3. The molecule has 1 saturated carbocycles. The summed E-state index contributed by atoms with van der Waals surface area (Å²) in [7, 11) is 0. The Labute approximate surface area is 138 Å². The molecule has 3 aromatic carbocycles. The van der Waals surface area contributed by atoms with Gasteiger partial charge in [-0.25, -0.2) is 13.2 Å². The van der Waals surface area contributed by atoms with Crippen LogP contribution in [0.1, 0.15) is 24.3 Å². The molecule has 1 fully saturated rings. The summed E-state index contributed by atoms with van der Waals surface area (Å²) in [4.78, 5) is 0. The van der Waals surface area contributed by atoms with Gasteiger partial charge in [-0.15, -0.1) is 0 Å². The number of benzene rings is 3. The van der Waals surface area contributed by atoms with Crippen molar-refractivity contribution >= 4 is 0 Å². The van der Waals surface area contributed by atoms with Crippen molar-refractivity contribution in [3.8, 4) is 22.3 Å². The lowest BCUT2D eigenvalue weighted by molar-refractivity contribution is 0.448. The molecule has 120 valence electrons. The molecule has 3 aromatic rings. The van der Waals surface area contributed by atoms with Gasteiger partial charge in [-0.3, -0.25) is 0 Å². The van der Waals surface area contributed by atoms with Crippen LogP contribution in [0.2, 0.25) is 0 Å². The molecule has 0 aliphatic heterocycles. The van der Waals surface area contributed by atoms with Crippen molar-refractivity contribution in [2.75, 3.05) is 0 Å². The Morgan fingerprint density at radius 3 is 1.46 bits per heavy atom. The maximum Gasteiger partial charge on any atom is 0.194 e. The Morgan fingerprint density at radius 2 is 1.00 bits per heavy atom. The van der Waals surface area contributed by atoms with Crippen molar-refractivity contribution in [1.82, 2.24) is 0 Å². The molecule has 1 aliphatic rings. The molecule has 0 bridgehead atoms. The molecule has 3 heteroatoms. The first kappa shape index (κ1) is 15.0. The highest BCUT2D eigenvalue weighted by Gasteiger charge is 2.22. The van der Waals surface area contributed by atoms with Crippen LogP contribution in [-0.2, 0) is 0 Å². The van der Waals surface area contributed by atoms with E-state index >= 15 is 0 Å². The molecule has 0 amide bonds. The van der Waals surface area contributed by atoms with Crippen LogP contribution >= 0.6 is 0 Å². The zero-order valence-electron chi connectivity index (χ0n) is 12.9. The van der Waals surface area contributed by atoms with Crippen LogP contribution in [0.3, 0.4) is 0 Å². The van der Waals surface area contributed by atoms with Crippen LogP contribution in [0.25, 0.3) is 22.3 Å². The lowest BCUT2D eigenvalue weighted by atomic mass is 9.99. The van der Waals surface area contributed by atoms with Gasteiger partial charge in [0.05, 0.1) is 0 Å². The smallest absolute Gasteiger partial charge is 0.194 e. The van der Waals surface area contributed by atoms with E-state index in [0.717, 1.165) is 29.2 Å². The highest BCUT2D eigenvalue weighted by molar-refractivity contribution is 5.70. The van der Waals surface area contributed by atoms with Crippen molar-refractivity contribution in [2.45, 2.75) is 18.8 Å². The Hall–Kier alpha value is -2.55. The summed E-state index contributed by atoms with van der Waals surface area (Å²) < 4.78 is 39.8. The molecule has 0 saturated heterocycles. The van der Waals surface area contributed by atoms with Gasteiger partial charge in [-0.2, -0.15) is 0 Å². The maximum absolute atomic E-state index is 13.4. The van der Waals surface area contributed by atoms with Gasteiger partial charge in [0.15, 0.2) is 17.5 Å². The van der Waals surface area contributed by atoms with Crippen molar-refractivity contribution in [1.29, 1.82) is 0 Å². The normalized spacial score (nSPS) is 14.0. The average molecular weight is 324 g/mol. The minimum atomic E-state index is -1.44. The van der Waals surface area contributed by atoms with E-state index in [9.17, 15) is 13.2 Å². The van der Waals surface area contributed by atoms with Gasteiger partial charge in [0.2, 0.25) is 0 Å². The second-order valence-corrected chi connectivity index (χ2v) is 6.23. The van der Waals surface area contributed by atoms with E-state index in [0.29, 0.717) is 11.1 Å². The summed E-state index contributed by atoms with van der Waals surface area (Å²) >= 11 is 0. The van der Waals surface area contributed by atoms with Crippen LogP contribution in [-0.4, -0.2) is 0 Å². The topological polar surface area (TPSA) is 0 Å². The van der Waals surface area contributed by atoms with Gasteiger partial charge in [0, 0.05) is 0 Å². The summed E-state index contributed by atoms with van der Waals surface area (Å²) in [5.41, 5.74) is 4.48. The average Bonchev–Trinajstić information content (AvgIpc) is 3.45. The molecule has 0 heterocycles. The fourth-order valence-corrected chi connectivity index (χ4v) is 2.94. The second kappa shape index (κ2) is 5.82. The van der Waals surface area contributed by atoms with Gasteiger partial charge in [-0.1, -0.05) is 48.5 Å². The second-order valence-electron chi connectivity index (χ2n) is 6.23. The van der Waals surface area contributed by atoms with Crippen LogP contribution in [0.4, 0.5) is 13.2 Å². The number of hydrogen-bond donors (Lipinski definition) is 0. The van der Waals surface area contributed by atoms with Crippen LogP contribution < -0.4 is 0 Å². The van der Waals surface area contributed by atoms with Gasteiger partial charge < -0.3 is 0 Å². The van der Waals surface area contributed by atoms with Gasteiger partial charge in [0.1, 0.15) is 0 Å². The fraction of sp³-hybridized carbons (Fsp3) is 0.143. The van der Waals surface area contributed by atoms with E-state index < -0.39 is 17.5 Å². The van der Waals surface area contributed by atoms with Crippen molar-refractivity contribution in [2.24, 2.45) is 0 Å². The Kier molecular flexibility index (Phi) is 3.64. The van der Waals surface area contributed by atoms with Crippen molar-refractivity contribution in [3.05, 3.63) is 83.7 Å². The molecular weight excluding hydrogens is 309 g/mol. The minimum absolute atomic E-state index is 0.321. The third-order valence-corrected chi connectivity index (χ3v) is 4.49. The molecule has 0 aromatic heterocycles. The third-order valence-electron chi connectivity index (χ3n) is 4.49. The molecule has 0 spiro atoms. The number of hydrogen-bond acceptors (Lipinski definition) is 0. The molecule has 0 nitrogen and oxygen atoms in total. The molecule has 4 rings (SSSR count). The lowest BCUT2D eigenvalue weighted by Crippen LogP contribution is -1.91. The van der Waals surface area contributed by atoms with E-state index in [1.165, 1.54) is 18.4 Å². The quantitative estimate of drug-likeness (QED) is 0.495. The van der Waals surface area contributed by atoms with E-state index in [2.05, 4.69) is 24.3 Å². The Bertz CT molecular complexity index is 853. The fourth-order valence-electron chi connectivity index (χ4n) is 2.94. The highest BCUT2D eigenvalue weighted by atomic mass is 19.2. The zero-order valence-corrected chi connectivity index (χ0v) is 12.9. The molecule has 0 unspecified atom stereocenters. The highest BCUT2D eigenvalue weighted by Crippen LogP contribution is 2.40. The zero-order chi connectivity index (χ0) is 16.7. The van der Waals surface area contributed by atoms with E-state index in [1.54, 1.807) is 12.1 Å². The third kappa shape index (κ3) is 2.82. The van der Waals surface area contributed by atoms with Crippen molar-refractivity contribution in [3.63, 3.8) is 0 Å². The lowest BCUT2D eigenvalue weighted by Gasteiger charge is -2.07. The summed E-state index contributed by atoms with van der Waals surface area (Å²) in [6, 6.07) is 17.9. The van der Waals surface area contributed by atoms with Gasteiger partial charge in [0.25, 0.3) is 0 Å². The monoisotopic (exact) mass is 324 g/mol. The van der Waals surface area contributed by atoms with Crippen LogP contribution in [0, 0.1) is 17.5 Å².